The molecular formula is C13H11F3N2O3. The summed E-state index contributed by atoms with van der Waals surface area (Å²) < 4.78 is 36.3. The molecule has 1 aromatic rings. The topological polar surface area (TPSA) is 75.3 Å². The molecule has 0 fully saturated rings. The van der Waals surface area contributed by atoms with E-state index < -0.39 is 36.6 Å². The number of alkyl halides is 3. The summed E-state index contributed by atoms with van der Waals surface area (Å²) in [6, 6.07) is 3.95. The second kappa shape index (κ2) is 5.55. The lowest BCUT2D eigenvalue weighted by atomic mass is 10.0. The highest BCUT2D eigenvalue weighted by molar-refractivity contribution is 6.14. The summed E-state index contributed by atoms with van der Waals surface area (Å²) in [4.78, 5) is 34.4. The van der Waals surface area contributed by atoms with Crippen molar-refractivity contribution in [2.75, 3.05) is 10.6 Å². The first-order chi connectivity index (χ1) is 9.74. The second-order valence-electron chi connectivity index (χ2n) is 4.57. The number of hydrogen-bond donors (Lipinski definition) is 2. The Labute approximate surface area is 117 Å². The van der Waals surface area contributed by atoms with Gasteiger partial charge in [0.2, 0.25) is 11.8 Å². The molecular weight excluding hydrogens is 289 g/mol. The number of carbonyl (C=O) groups excluding carboxylic acids is 3. The predicted molar refractivity (Wildman–Crippen MR) is 67.9 cm³/mol. The zero-order valence-corrected chi connectivity index (χ0v) is 10.7. The SMILES string of the molecule is O=C1CC(=O)Nc2cc(C(=O)CCC(F)(F)F)ccc2N1. The van der Waals surface area contributed by atoms with E-state index in [-0.39, 0.29) is 17.7 Å². The Morgan fingerprint density at radius 1 is 1.10 bits per heavy atom. The molecule has 0 saturated heterocycles. The van der Waals surface area contributed by atoms with E-state index in [2.05, 4.69) is 10.6 Å². The van der Waals surface area contributed by atoms with Gasteiger partial charge in [-0.1, -0.05) is 0 Å². The van der Waals surface area contributed by atoms with E-state index in [1.54, 1.807) is 0 Å². The Hall–Kier alpha value is -2.38. The molecule has 1 aliphatic heterocycles. The van der Waals surface area contributed by atoms with Crippen LogP contribution in [0.1, 0.15) is 29.6 Å². The molecule has 1 aliphatic rings. The van der Waals surface area contributed by atoms with Crippen LogP contribution >= 0.6 is 0 Å². The summed E-state index contributed by atoms with van der Waals surface area (Å²) in [6.45, 7) is 0. The normalized spacial score (nSPS) is 14.8. The van der Waals surface area contributed by atoms with Crippen LogP contribution in [0.25, 0.3) is 0 Å². The van der Waals surface area contributed by atoms with Crippen molar-refractivity contribution in [3.8, 4) is 0 Å². The van der Waals surface area contributed by atoms with E-state index in [1.807, 2.05) is 0 Å². The average molecular weight is 300 g/mol. The van der Waals surface area contributed by atoms with Crippen LogP contribution in [0.3, 0.4) is 0 Å². The highest BCUT2D eigenvalue weighted by Crippen LogP contribution is 2.28. The molecule has 2 rings (SSSR count). The monoisotopic (exact) mass is 300 g/mol. The van der Waals surface area contributed by atoms with Crippen LogP contribution in [0.5, 0.6) is 0 Å². The minimum Gasteiger partial charge on any atom is -0.324 e. The van der Waals surface area contributed by atoms with Crippen molar-refractivity contribution >= 4 is 29.0 Å². The number of anilines is 2. The maximum Gasteiger partial charge on any atom is 0.389 e. The van der Waals surface area contributed by atoms with Crippen LogP contribution in [0.15, 0.2) is 18.2 Å². The highest BCUT2D eigenvalue weighted by Gasteiger charge is 2.28. The van der Waals surface area contributed by atoms with Gasteiger partial charge in [-0.2, -0.15) is 13.2 Å². The summed E-state index contributed by atoms with van der Waals surface area (Å²) in [5.74, 6) is -1.73. The number of amides is 2. The van der Waals surface area contributed by atoms with Crippen molar-refractivity contribution in [1.82, 2.24) is 0 Å². The summed E-state index contributed by atoms with van der Waals surface area (Å²) in [5, 5.41) is 4.89. The molecule has 112 valence electrons. The van der Waals surface area contributed by atoms with Crippen molar-refractivity contribution in [2.45, 2.75) is 25.4 Å². The third-order valence-corrected chi connectivity index (χ3v) is 2.85. The van der Waals surface area contributed by atoms with Crippen LogP contribution in [0.2, 0.25) is 0 Å². The first-order valence-corrected chi connectivity index (χ1v) is 6.08. The Morgan fingerprint density at radius 2 is 1.71 bits per heavy atom. The number of ketones is 1. The fourth-order valence-corrected chi connectivity index (χ4v) is 1.86. The summed E-state index contributed by atoms with van der Waals surface area (Å²) in [7, 11) is 0. The molecule has 0 radical (unpaired) electrons. The van der Waals surface area contributed by atoms with Crippen LogP contribution in [0.4, 0.5) is 24.5 Å². The van der Waals surface area contributed by atoms with Gasteiger partial charge in [0, 0.05) is 12.0 Å². The molecule has 0 bridgehead atoms. The Morgan fingerprint density at radius 3 is 2.33 bits per heavy atom. The van der Waals surface area contributed by atoms with Gasteiger partial charge in [0.1, 0.15) is 6.42 Å². The van der Waals surface area contributed by atoms with E-state index in [1.165, 1.54) is 18.2 Å². The van der Waals surface area contributed by atoms with E-state index in [4.69, 9.17) is 0 Å². The molecule has 0 aromatic heterocycles. The van der Waals surface area contributed by atoms with Gasteiger partial charge in [0.05, 0.1) is 17.8 Å². The van der Waals surface area contributed by atoms with Crippen molar-refractivity contribution in [1.29, 1.82) is 0 Å². The van der Waals surface area contributed by atoms with Gasteiger partial charge >= 0.3 is 6.18 Å². The molecule has 0 aliphatic carbocycles. The summed E-state index contributed by atoms with van der Waals surface area (Å²) in [5.41, 5.74) is 0.552. The minimum atomic E-state index is -4.40. The van der Waals surface area contributed by atoms with Crippen molar-refractivity contribution in [2.24, 2.45) is 0 Å². The van der Waals surface area contributed by atoms with Gasteiger partial charge in [0.25, 0.3) is 0 Å². The Kier molecular flexibility index (Phi) is 3.97. The minimum absolute atomic E-state index is 0.0504. The van der Waals surface area contributed by atoms with Gasteiger partial charge in [-0.25, -0.2) is 0 Å². The molecule has 0 saturated carbocycles. The zero-order valence-electron chi connectivity index (χ0n) is 10.7. The maximum atomic E-state index is 12.1. The van der Waals surface area contributed by atoms with Crippen LogP contribution in [0, 0.1) is 0 Å². The van der Waals surface area contributed by atoms with E-state index in [0.29, 0.717) is 5.69 Å². The molecule has 5 nitrogen and oxygen atoms in total. The van der Waals surface area contributed by atoms with E-state index >= 15 is 0 Å². The van der Waals surface area contributed by atoms with E-state index in [9.17, 15) is 27.6 Å². The molecule has 8 heteroatoms. The molecule has 1 aromatic carbocycles. The summed E-state index contributed by atoms with van der Waals surface area (Å²) in [6.07, 6.45) is -6.62. The fourth-order valence-electron chi connectivity index (χ4n) is 1.86. The third-order valence-electron chi connectivity index (χ3n) is 2.85. The number of rotatable bonds is 3. The van der Waals surface area contributed by atoms with E-state index in [0.717, 1.165) is 0 Å². The molecule has 0 unspecified atom stereocenters. The number of halogens is 3. The van der Waals surface area contributed by atoms with Gasteiger partial charge in [-0.3, -0.25) is 14.4 Å². The van der Waals surface area contributed by atoms with Crippen LogP contribution < -0.4 is 10.6 Å². The molecule has 0 spiro atoms. The predicted octanol–water partition coefficient (Wildman–Crippen LogP) is 2.49. The number of benzene rings is 1. The lowest BCUT2D eigenvalue weighted by Gasteiger charge is -2.10. The van der Waals surface area contributed by atoms with Crippen molar-refractivity contribution in [3.05, 3.63) is 23.8 Å². The third kappa shape index (κ3) is 4.04. The molecule has 21 heavy (non-hydrogen) atoms. The fraction of sp³-hybridized carbons (Fsp3) is 0.308. The van der Waals surface area contributed by atoms with Crippen molar-refractivity contribution < 1.29 is 27.6 Å². The maximum absolute atomic E-state index is 12.1. The molecule has 0 atom stereocenters. The second-order valence-corrected chi connectivity index (χ2v) is 4.57. The lowest BCUT2D eigenvalue weighted by Crippen LogP contribution is -2.16. The smallest absolute Gasteiger partial charge is 0.324 e. The largest absolute Gasteiger partial charge is 0.389 e. The Bertz CT molecular complexity index is 611. The number of carbonyl (C=O) groups is 3. The van der Waals surface area contributed by atoms with Gasteiger partial charge < -0.3 is 10.6 Å². The van der Waals surface area contributed by atoms with Crippen LogP contribution in [-0.2, 0) is 9.59 Å². The van der Waals surface area contributed by atoms with Gasteiger partial charge in [-0.15, -0.1) is 0 Å². The first kappa shape index (κ1) is 15.0. The van der Waals surface area contributed by atoms with Crippen molar-refractivity contribution in [3.63, 3.8) is 0 Å². The zero-order chi connectivity index (χ0) is 15.6. The highest BCUT2D eigenvalue weighted by atomic mass is 19.4. The number of nitrogens with one attached hydrogen (secondary N) is 2. The number of fused-ring (bicyclic) bond motifs is 1. The quantitative estimate of drug-likeness (QED) is 0.665. The Balaban J connectivity index is 2.19. The summed E-state index contributed by atoms with van der Waals surface area (Å²) >= 11 is 0. The molecule has 2 amide bonds. The van der Waals surface area contributed by atoms with Gasteiger partial charge in [-0.05, 0) is 18.2 Å². The average Bonchev–Trinajstić information content (AvgIpc) is 2.50. The van der Waals surface area contributed by atoms with Crippen LogP contribution in [-0.4, -0.2) is 23.8 Å². The number of Topliss-reactive ketones (excluding diaryl/α,β-unsaturated/α-hetero) is 1. The standard InChI is InChI=1S/C13H11F3N2O3/c14-13(15,16)4-3-10(19)7-1-2-8-9(5-7)18-12(21)6-11(20)17-8/h1-2,5H,3-4,6H2,(H,17,20)(H,18,21). The molecule has 1 heterocycles. The number of hydrogen-bond acceptors (Lipinski definition) is 3. The van der Waals surface area contributed by atoms with Gasteiger partial charge in [0.15, 0.2) is 5.78 Å². The lowest BCUT2D eigenvalue weighted by molar-refractivity contribution is -0.133. The molecule has 2 N–H and O–H groups in total. The first-order valence-electron chi connectivity index (χ1n) is 6.08.